The molecule has 110 valence electrons. The molecule has 3 aromatic rings. The zero-order valence-corrected chi connectivity index (χ0v) is 14.1. The minimum atomic E-state index is -0.0251. The normalized spacial score (nSPS) is 11.6. The van der Waals surface area contributed by atoms with E-state index < -0.39 is 0 Å². The molecule has 0 aromatic carbocycles. The SMILES string of the molecule is Cc1csc2nc(CN(C)Cc3ccc(Br)o3)cc(=O)n12. The lowest BCUT2D eigenvalue weighted by atomic mass is 10.3. The van der Waals surface area contributed by atoms with Crippen molar-refractivity contribution in [1.82, 2.24) is 14.3 Å². The molecule has 0 spiro atoms. The van der Waals surface area contributed by atoms with Crippen LogP contribution in [0.4, 0.5) is 0 Å². The summed E-state index contributed by atoms with van der Waals surface area (Å²) in [5.74, 6) is 0.870. The molecule has 0 unspecified atom stereocenters. The van der Waals surface area contributed by atoms with Crippen LogP contribution in [0.15, 0.2) is 37.5 Å². The van der Waals surface area contributed by atoms with Gasteiger partial charge in [0.1, 0.15) is 5.76 Å². The Kier molecular flexibility index (Phi) is 3.97. The summed E-state index contributed by atoms with van der Waals surface area (Å²) in [6, 6.07) is 5.39. The van der Waals surface area contributed by atoms with Crippen molar-refractivity contribution in [3.05, 3.63) is 55.8 Å². The van der Waals surface area contributed by atoms with Crippen molar-refractivity contribution in [2.45, 2.75) is 20.0 Å². The Morgan fingerprint density at radius 3 is 2.95 bits per heavy atom. The Morgan fingerprint density at radius 1 is 1.43 bits per heavy atom. The van der Waals surface area contributed by atoms with E-state index in [9.17, 15) is 4.79 Å². The van der Waals surface area contributed by atoms with Gasteiger partial charge in [-0.3, -0.25) is 14.1 Å². The van der Waals surface area contributed by atoms with Crippen molar-refractivity contribution in [3.63, 3.8) is 0 Å². The van der Waals surface area contributed by atoms with E-state index in [4.69, 9.17) is 4.42 Å². The van der Waals surface area contributed by atoms with Crippen molar-refractivity contribution in [2.24, 2.45) is 0 Å². The highest BCUT2D eigenvalue weighted by Gasteiger charge is 2.10. The average molecular weight is 368 g/mol. The van der Waals surface area contributed by atoms with Gasteiger partial charge in [0.2, 0.25) is 0 Å². The van der Waals surface area contributed by atoms with E-state index >= 15 is 0 Å². The number of aryl methyl sites for hydroxylation is 1. The van der Waals surface area contributed by atoms with Crippen molar-refractivity contribution in [3.8, 4) is 0 Å². The van der Waals surface area contributed by atoms with Gasteiger partial charge in [0.15, 0.2) is 9.63 Å². The van der Waals surface area contributed by atoms with Gasteiger partial charge in [0.25, 0.3) is 5.56 Å². The largest absolute Gasteiger partial charge is 0.453 e. The predicted octanol–water partition coefficient (Wildman–Crippen LogP) is 3.05. The molecular weight excluding hydrogens is 354 g/mol. The number of fused-ring (bicyclic) bond motifs is 1. The summed E-state index contributed by atoms with van der Waals surface area (Å²) in [5.41, 5.74) is 1.67. The van der Waals surface area contributed by atoms with Gasteiger partial charge in [-0.15, -0.1) is 11.3 Å². The van der Waals surface area contributed by atoms with Crippen LogP contribution < -0.4 is 5.56 Å². The fourth-order valence-corrected chi connectivity index (χ4v) is 3.45. The molecule has 0 bridgehead atoms. The van der Waals surface area contributed by atoms with Crippen molar-refractivity contribution >= 4 is 32.2 Å². The number of hydrogen-bond donors (Lipinski definition) is 0. The first-order chi connectivity index (χ1) is 10.0. The van der Waals surface area contributed by atoms with E-state index in [-0.39, 0.29) is 5.56 Å². The van der Waals surface area contributed by atoms with Crippen LogP contribution >= 0.6 is 27.3 Å². The monoisotopic (exact) mass is 367 g/mol. The van der Waals surface area contributed by atoms with Crippen LogP contribution in [0.5, 0.6) is 0 Å². The summed E-state index contributed by atoms with van der Waals surface area (Å²) in [4.78, 5) is 19.5. The van der Waals surface area contributed by atoms with Crippen LogP contribution in [0, 0.1) is 6.92 Å². The average Bonchev–Trinajstić information content (AvgIpc) is 2.96. The summed E-state index contributed by atoms with van der Waals surface area (Å²) in [7, 11) is 1.97. The van der Waals surface area contributed by atoms with Gasteiger partial charge >= 0.3 is 0 Å². The maximum atomic E-state index is 12.1. The third-order valence-corrected chi connectivity index (χ3v) is 4.48. The number of hydrogen-bond acceptors (Lipinski definition) is 5. The number of thiazole rings is 1. The van der Waals surface area contributed by atoms with Gasteiger partial charge in [-0.1, -0.05) is 0 Å². The number of furan rings is 1. The Balaban J connectivity index is 1.79. The highest BCUT2D eigenvalue weighted by Crippen LogP contribution is 2.16. The van der Waals surface area contributed by atoms with E-state index in [1.165, 1.54) is 11.3 Å². The van der Waals surface area contributed by atoms with Gasteiger partial charge in [-0.2, -0.15) is 0 Å². The zero-order chi connectivity index (χ0) is 15.0. The molecule has 0 fully saturated rings. The molecular formula is C14H14BrN3O2S. The summed E-state index contributed by atoms with van der Waals surface area (Å²) < 4.78 is 7.84. The maximum Gasteiger partial charge on any atom is 0.259 e. The van der Waals surface area contributed by atoms with Gasteiger partial charge < -0.3 is 4.42 Å². The second-order valence-corrected chi connectivity index (χ2v) is 6.58. The van der Waals surface area contributed by atoms with E-state index in [0.29, 0.717) is 13.1 Å². The first-order valence-corrected chi connectivity index (χ1v) is 8.10. The Labute approximate surface area is 134 Å². The van der Waals surface area contributed by atoms with E-state index in [1.807, 2.05) is 31.5 Å². The lowest BCUT2D eigenvalue weighted by Gasteiger charge is -2.14. The van der Waals surface area contributed by atoms with E-state index in [0.717, 1.165) is 26.8 Å². The molecule has 7 heteroatoms. The molecule has 0 amide bonds. The third-order valence-electron chi connectivity index (χ3n) is 3.12. The van der Waals surface area contributed by atoms with Crippen LogP contribution in [0.1, 0.15) is 17.1 Å². The van der Waals surface area contributed by atoms with Crippen LogP contribution in [-0.2, 0) is 13.1 Å². The molecule has 3 aromatic heterocycles. The Bertz CT molecular complexity index is 836. The van der Waals surface area contributed by atoms with Crippen molar-refractivity contribution < 1.29 is 4.42 Å². The van der Waals surface area contributed by atoms with Crippen LogP contribution in [-0.4, -0.2) is 21.3 Å². The summed E-state index contributed by atoms with van der Waals surface area (Å²) in [6.45, 7) is 3.17. The molecule has 5 nitrogen and oxygen atoms in total. The van der Waals surface area contributed by atoms with Gasteiger partial charge in [-0.05, 0) is 42.0 Å². The first-order valence-electron chi connectivity index (χ1n) is 6.42. The lowest BCUT2D eigenvalue weighted by Crippen LogP contribution is -2.21. The smallest absolute Gasteiger partial charge is 0.259 e. The first kappa shape index (κ1) is 14.5. The molecule has 0 saturated carbocycles. The number of aromatic nitrogens is 2. The molecule has 0 aliphatic heterocycles. The van der Waals surface area contributed by atoms with Crippen molar-refractivity contribution in [2.75, 3.05) is 7.05 Å². The second-order valence-electron chi connectivity index (χ2n) is 4.96. The summed E-state index contributed by atoms with van der Waals surface area (Å²) in [6.07, 6.45) is 0. The minimum absolute atomic E-state index is 0.0251. The number of nitrogens with zero attached hydrogens (tertiary/aromatic N) is 3. The molecule has 0 saturated heterocycles. The Hall–Kier alpha value is -1.44. The molecule has 0 aliphatic carbocycles. The topological polar surface area (TPSA) is 50.8 Å². The van der Waals surface area contributed by atoms with Gasteiger partial charge in [0, 0.05) is 23.7 Å². The Morgan fingerprint density at radius 2 is 2.24 bits per heavy atom. The van der Waals surface area contributed by atoms with E-state index in [2.05, 4.69) is 25.8 Å². The van der Waals surface area contributed by atoms with Gasteiger partial charge in [0.05, 0.1) is 12.2 Å². The fourth-order valence-electron chi connectivity index (χ4n) is 2.22. The molecule has 3 rings (SSSR count). The molecule has 0 radical (unpaired) electrons. The lowest BCUT2D eigenvalue weighted by molar-refractivity contribution is 0.282. The molecule has 0 N–H and O–H groups in total. The molecule has 3 heterocycles. The molecule has 0 aliphatic rings. The zero-order valence-electron chi connectivity index (χ0n) is 11.7. The van der Waals surface area contributed by atoms with Crippen LogP contribution in [0.3, 0.4) is 0 Å². The summed E-state index contributed by atoms with van der Waals surface area (Å²) >= 11 is 4.77. The third kappa shape index (κ3) is 3.09. The highest BCUT2D eigenvalue weighted by molar-refractivity contribution is 9.10. The second kappa shape index (κ2) is 5.75. The quantitative estimate of drug-likeness (QED) is 0.710. The highest BCUT2D eigenvalue weighted by atomic mass is 79.9. The van der Waals surface area contributed by atoms with Crippen LogP contribution in [0.2, 0.25) is 0 Å². The fraction of sp³-hybridized carbons (Fsp3) is 0.286. The predicted molar refractivity (Wildman–Crippen MR) is 85.7 cm³/mol. The number of halogens is 1. The molecule has 0 atom stereocenters. The van der Waals surface area contributed by atoms with Crippen molar-refractivity contribution in [1.29, 1.82) is 0 Å². The molecule has 21 heavy (non-hydrogen) atoms. The summed E-state index contributed by atoms with van der Waals surface area (Å²) in [5, 5.41) is 1.94. The van der Waals surface area contributed by atoms with E-state index in [1.54, 1.807) is 10.5 Å². The number of rotatable bonds is 4. The van der Waals surface area contributed by atoms with Gasteiger partial charge in [-0.25, -0.2) is 4.98 Å². The standard InChI is InChI=1S/C14H14BrN3O2S/c1-9-8-21-14-16-10(5-13(19)18(9)14)6-17(2)7-11-3-4-12(15)20-11/h3-5,8H,6-7H2,1-2H3. The maximum absolute atomic E-state index is 12.1. The van der Waals surface area contributed by atoms with Crippen LogP contribution in [0.25, 0.3) is 4.96 Å². The minimum Gasteiger partial charge on any atom is -0.453 e.